The molecule has 2 heterocycles. The van der Waals surface area contributed by atoms with Crippen LogP contribution in [-0.4, -0.2) is 46.7 Å². The average Bonchev–Trinajstić information content (AvgIpc) is 3.17. The van der Waals surface area contributed by atoms with Crippen LogP contribution in [0.5, 0.6) is 5.75 Å². The van der Waals surface area contributed by atoms with Gasteiger partial charge in [-0.1, -0.05) is 19.1 Å². The summed E-state index contributed by atoms with van der Waals surface area (Å²) in [6, 6.07) is 7.49. The van der Waals surface area contributed by atoms with E-state index in [-0.39, 0.29) is 23.7 Å². The maximum Gasteiger partial charge on any atom is 0.257 e. The normalized spacial score (nSPS) is 19.9. The van der Waals surface area contributed by atoms with Crippen LogP contribution < -0.4 is 10.5 Å². The lowest BCUT2D eigenvalue weighted by Gasteiger charge is -2.16. The van der Waals surface area contributed by atoms with E-state index >= 15 is 0 Å². The standard InChI is InChI=1S/C18H22N4O3/c1-11-9-21(10-14(11)17(19)23)18(24)13-8-20-22(12(13)2)15-6-4-5-7-16(15)25-3/h4-8,11,14H,9-10H2,1-3H3,(H2,19,23)/t11-,14-/m1/s1. The molecule has 0 aliphatic carbocycles. The van der Waals surface area contributed by atoms with Crippen LogP contribution in [0.1, 0.15) is 23.0 Å². The van der Waals surface area contributed by atoms with E-state index in [1.165, 1.54) is 0 Å². The van der Waals surface area contributed by atoms with E-state index in [0.29, 0.717) is 24.4 Å². The van der Waals surface area contributed by atoms with Crippen LogP contribution in [0.15, 0.2) is 30.5 Å². The lowest BCUT2D eigenvalue weighted by atomic mass is 9.98. The molecule has 3 rings (SSSR count). The van der Waals surface area contributed by atoms with E-state index < -0.39 is 0 Å². The highest BCUT2D eigenvalue weighted by Gasteiger charge is 2.37. The summed E-state index contributed by atoms with van der Waals surface area (Å²) in [5.41, 5.74) is 7.44. The van der Waals surface area contributed by atoms with Crippen molar-refractivity contribution in [3.63, 3.8) is 0 Å². The van der Waals surface area contributed by atoms with E-state index in [2.05, 4.69) is 5.10 Å². The van der Waals surface area contributed by atoms with E-state index in [0.717, 1.165) is 11.4 Å². The zero-order chi connectivity index (χ0) is 18.1. The monoisotopic (exact) mass is 342 g/mol. The van der Waals surface area contributed by atoms with Crippen LogP contribution in [-0.2, 0) is 4.79 Å². The number of rotatable bonds is 4. The van der Waals surface area contributed by atoms with Crippen molar-refractivity contribution >= 4 is 11.8 Å². The molecule has 7 heteroatoms. The molecule has 1 aliphatic rings. The summed E-state index contributed by atoms with van der Waals surface area (Å²) < 4.78 is 7.06. The van der Waals surface area contributed by atoms with Gasteiger partial charge in [0.2, 0.25) is 5.91 Å². The Morgan fingerprint density at radius 2 is 2.00 bits per heavy atom. The third-order valence-electron chi connectivity index (χ3n) is 4.82. The topological polar surface area (TPSA) is 90.5 Å². The van der Waals surface area contributed by atoms with Crippen LogP contribution in [0.2, 0.25) is 0 Å². The molecule has 1 aromatic heterocycles. The van der Waals surface area contributed by atoms with E-state index in [9.17, 15) is 9.59 Å². The predicted molar refractivity (Wildman–Crippen MR) is 92.6 cm³/mol. The Kier molecular flexibility index (Phi) is 4.48. The van der Waals surface area contributed by atoms with Crippen molar-refractivity contribution in [2.45, 2.75) is 13.8 Å². The molecule has 1 aliphatic heterocycles. The predicted octanol–water partition coefficient (Wildman–Crippen LogP) is 1.38. The van der Waals surface area contributed by atoms with E-state index in [1.54, 1.807) is 22.9 Å². The van der Waals surface area contributed by atoms with Crippen LogP contribution in [0, 0.1) is 18.8 Å². The highest BCUT2D eigenvalue weighted by molar-refractivity contribution is 5.96. The fraction of sp³-hybridized carbons (Fsp3) is 0.389. The number of hydrogen-bond acceptors (Lipinski definition) is 4. The Labute approximate surface area is 146 Å². The molecule has 2 amide bonds. The van der Waals surface area contributed by atoms with Gasteiger partial charge < -0.3 is 15.4 Å². The van der Waals surface area contributed by atoms with Crippen molar-refractivity contribution in [1.29, 1.82) is 0 Å². The quantitative estimate of drug-likeness (QED) is 0.909. The Morgan fingerprint density at radius 3 is 2.64 bits per heavy atom. The minimum absolute atomic E-state index is 0.0611. The molecule has 0 saturated carbocycles. The summed E-state index contributed by atoms with van der Waals surface area (Å²) in [6.45, 7) is 4.66. The molecule has 0 spiro atoms. The smallest absolute Gasteiger partial charge is 0.257 e. The first-order valence-corrected chi connectivity index (χ1v) is 8.20. The van der Waals surface area contributed by atoms with Gasteiger partial charge in [-0.05, 0) is 25.0 Å². The SMILES string of the molecule is COc1ccccc1-n1ncc(C(=O)N2C[C@@H](C)[C@H](C(N)=O)C2)c1C. The molecular weight excluding hydrogens is 320 g/mol. The summed E-state index contributed by atoms with van der Waals surface area (Å²) in [6.07, 6.45) is 1.56. The number of nitrogens with two attached hydrogens (primary N) is 1. The second-order valence-corrected chi connectivity index (χ2v) is 6.42. The van der Waals surface area contributed by atoms with Crippen LogP contribution in [0.3, 0.4) is 0 Å². The van der Waals surface area contributed by atoms with Crippen molar-refractivity contribution in [2.75, 3.05) is 20.2 Å². The molecule has 0 unspecified atom stereocenters. The third-order valence-corrected chi connectivity index (χ3v) is 4.82. The Morgan fingerprint density at radius 1 is 1.28 bits per heavy atom. The highest BCUT2D eigenvalue weighted by atomic mass is 16.5. The van der Waals surface area contributed by atoms with Gasteiger partial charge in [0, 0.05) is 13.1 Å². The summed E-state index contributed by atoms with van der Waals surface area (Å²) >= 11 is 0. The van der Waals surface area contributed by atoms with Crippen molar-refractivity contribution in [1.82, 2.24) is 14.7 Å². The molecule has 1 saturated heterocycles. The molecule has 2 N–H and O–H groups in total. The van der Waals surface area contributed by atoms with Crippen molar-refractivity contribution in [2.24, 2.45) is 17.6 Å². The number of benzene rings is 1. The van der Waals surface area contributed by atoms with Gasteiger partial charge in [-0.2, -0.15) is 5.10 Å². The van der Waals surface area contributed by atoms with Gasteiger partial charge in [-0.3, -0.25) is 9.59 Å². The van der Waals surface area contributed by atoms with Gasteiger partial charge in [-0.15, -0.1) is 0 Å². The van der Waals surface area contributed by atoms with Gasteiger partial charge in [0.25, 0.3) is 5.91 Å². The molecule has 2 aromatic rings. The third kappa shape index (κ3) is 2.97. The first-order valence-electron chi connectivity index (χ1n) is 8.20. The second-order valence-electron chi connectivity index (χ2n) is 6.42. The molecular formula is C18H22N4O3. The van der Waals surface area contributed by atoms with Gasteiger partial charge in [-0.25, -0.2) is 4.68 Å². The Bertz CT molecular complexity index is 814. The van der Waals surface area contributed by atoms with E-state index in [1.807, 2.05) is 38.1 Å². The van der Waals surface area contributed by atoms with Gasteiger partial charge in [0.15, 0.2) is 0 Å². The molecule has 0 bridgehead atoms. The van der Waals surface area contributed by atoms with Crippen LogP contribution in [0.4, 0.5) is 0 Å². The number of ether oxygens (including phenoxy) is 1. The number of carbonyl (C=O) groups is 2. The first-order chi connectivity index (χ1) is 11.9. The zero-order valence-corrected chi connectivity index (χ0v) is 14.6. The number of methoxy groups -OCH3 is 1. The molecule has 132 valence electrons. The zero-order valence-electron chi connectivity index (χ0n) is 14.6. The largest absolute Gasteiger partial charge is 0.494 e. The number of primary amides is 1. The summed E-state index contributed by atoms with van der Waals surface area (Å²) in [5, 5.41) is 4.36. The van der Waals surface area contributed by atoms with Crippen LogP contribution >= 0.6 is 0 Å². The minimum Gasteiger partial charge on any atom is -0.494 e. The summed E-state index contributed by atoms with van der Waals surface area (Å²) in [7, 11) is 1.60. The lowest BCUT2D eigenvalue weighted by molar-refractivity contribution is -0.122. The van der Waals surface area contributed by atoms with Crippen molar-refractivity contribution in [3.8, 4) is 11.4 Å². The lowest BCUT2D eigenvalue weighted by Crippen LogP contribution is -2.32. The Hall–Kier alpha value is -2.83. The highest BCUT2D eigenvalue weighted by Crippen LogP contribution is 2.27. The molecule has 1 fully saturated rings. The van der Waals surface area contributed by atoms with Crippen molar-refractivity contribution < 1.29 is 14.3 Å². The minimum atomic E-state index is -0.357. The van der Waals surface area contributed by atoms with Crippen molar-refractivity contribution in [3.05, 3.63) is 41.7 Å². The number of likely N-dealkylation sites (tertiary alicyclic amines) is 1. The molecule has 0 radical (unpaired) electrons. The fourth-order valence-corrected chi connectivity index (χ4v) is 3.34. The summed E-state index contributed by atoms with van der Waals surface area (Å²) in [5.74, 6) is -0.0469. The number of nitrogens with zero attached hydrogens (tertiary/aromatic N) is 3. The first kappa shape index (κ1) is 17.0. The fourth-order valence-electron chi connectivity index (χ4n) is 3.34. The van der Waals surface area contributed by atoms with Gasteiger partial charge in [0.1, 0.15) is 11.4 Å². The van der Waals surface area contributed by atoms with Gasteiger partial charge in [0.05, 0.1) is 30.5 Å². The number of hydrogen-bond donors (Lipinski definition) is 1. The molecule has 7 nitrogen and oxygen atoms in total. The average molecular weight is 342 g/mol. The van der Waals surface area contributed by atoms with Crippen LogP contribution in [0.25, 0.3) is 5.69 Å². The number of amides is 2. The second kappa shape index (κ2) is 6.58. The molecule has 1 aromatic carbocycles. The maximum atomic E-state index is 12.9. The number of aromatic nitrogens is 2. The molecule has 2 atom stereocenters. The maximum absolute atomic E-state index is 12.9. The number of para-hydroxylation sites is 2. The molecule has 25 heavy (non-hydrogen) atoms. The Balaban J connectivity index is 1.89. The summed E-state index contributed by atoms with van der Waals surface area (Å²) in [4.78, 5) is 26.0. The van der Waals surface area contributed by atoms with Gasteiger partial charge >= 0.3 is 0 Å². The number of carbonyl (C=O) groups excluding carboxylic acids is 2. The van der Waals surface area contributed by atoms with E-state index in [4.69, 9.17) is 10.5 Å².